The van der Waals surface area contributed by atoms with Crippen molar-refractivity contribution in [3.63, 3.8) is 0 Å². The van der Waals surface area contributed by atoms with Gasteiger partial charge in [0.15, 0.2) is 0 Å². The van der Waals surface area contributed by atoms with Gasteiger partial charge in [-0.1, -0.05) is 26.2 Å². The van der Waals surface area contributed by atoms with Gasteiger partial charge in [-0.15, -0.1) is 0 Å². The molecule has 0 atom stereocenters. The van der Waals surface area contributed by atoms with Crippen LogP contribution in [0.5, 0.6) is 0 Å². The first-order valence-electron chi connectivity index (χ1n) is 11.4. The molecule has 2 saturated heterocycles. The minimum absolute atomic E-state index is 0.0851. The first kappa shape index (κ1) is 24.4. The fourth-order valence-electron chi connectivity index (χ4n) is 3.90. The predicted octanol–water partition coefficient (Wildman–Crippen LogP) is 3.56. The van der Waals surface area contributed by atoms with Gasteiger partial charge in [0, 0.05) is 26.2 Å². The number of nitrogens with zero attached hydrogens (tertiary/aromatic N) is 2. The van der Waals surface area contributed by atoms with Crippen LogP contribution < -0.4 is 10.2 Å². The third-order valence-electron chi connectivity index (χ3n) is 5.67. The van der Waals surface area contributed by atoms with E-state index >= 15 is 0 Å². The van der Waals surface area contributed by atoms with E-state index in [0.717, 1.165) is 50.2 Å². The maximum atomic E-state index is 13.2. The Kier molecular flexibility index (Phi) is 9.49. The summed E-state index contributed by atoms with van der Waals surface area (Å²) in [6.45, 7) is 5.49. The fourth-order valence-corrected chi connectivity index (χ4v) is 6.23. The zero-order valence-electron chi connectivity index (χ0n) is 18.5. The molecular formula is C22H35N3O4S2. The van der Waals surface area contributed by atoms with E-state index in [1.165, 1.54) is 17.1 Å². The van der Waals surface area contributed by atoms with Crippen LogP contribution in [0.3, 0.4) is 0 Å². The highest BCUT2D eigenvalue weighted by Crippen LogP contribution is 2.32. The van der Waals surface area contributed by atoms with Crippen LogP contribution in [-0.2, 0) is 19.6 Å². The Morgan fingerprint density at radius 2 is 1.81 bits per heavy atom. The van der Waals surface area contributed by atoms with Crippen molar-refractivity contribution in [2.45, 2.75) is 50.3 Å². The van der Waals surface area contributed by atoms with Crippen LogP contribution in [0.25, 0.3) is 0 Å². The zero-order chi connectivity index (χ0) is 22.1. The van der Waals surface area contributed by atoms with Gasteiger partial charge in [0.2, 0.25) is 15.9 Å². The van der Waals surface area contributed by atoms with Crippen molar-refractivity contribution in [1.82, 2.24) is 4.31 Å². The molecule has 0 unspecified atom stereocenters. The third-order valence-corrected chi connectivity index (χ3v) is 8.61. The van der Waals surface area contributed by atoms with Gasteiger partial charge in [-0.2, -0.15) is 16.1 Å². The van der Waals surface area contributed by atoms with Crippen molar-refractivity contribution >= 4 is 39.1 Å². The monoisotopic (exact) mass is 469 g/mol. The summed E-state index contributed by atoms with van der Waals surface area (Å²) in [5, 5.41) is 3.01. The van der Waals surface area contributed by atoms with Crippen LogP contribution in [-0.4, -0.2) is 69.5 Å². The standard InChI is InChI=1S/C22H35N3O4S2/c1-2-3-16-30-18-22(26)23-20-17-19(31(27,28)25-12-14-29-15-13-25)8-9-21(20)24-10-6-4-5-7-11-24/h8-9,17H,2-7,10-16,18H2,1H3,(H,23,26). The normalized spacial score (nSPS) is 18.5. The van der Waals surface area contributed by atoms with E-state index in [2.05, 4.69) is 17.1 Å². The van der Waals surface area contributed by atoms with Gasteiger partial charge in [-0.05, 0) is 43.2 Å². The maximum absolute atomic E-state index is 13.2. The molecule has 1 N–H and O–H groups in total. The topological polar surface area (TPSA) is 79.0 Å². The fraction of sp³-hybridized carbons (Fsp3) is 0.682. The molecule has 2 heterocycles. The number of carbonyl (C=O) groups is 1. The molecular weight excluding hydrogens is 434 g/mol. The molecule has 2 fully saturated rings. The van der Waals surface area contributed by atoms with E-state index in [1.807, 2.05) is 6.07 Å². The van der Waals surface area contributed by atoms with Crippen LogP contribution in [0.4, 0.5) is 11.4 Å². The van der Waals surface area contributed by atoms with E-state index in [4.69, 9.17) is 4.74 Å². The Balaban J connectivity index is 1.83. The highest BCUT2D eigenvalue weighted by molar-refractivity contribution is 7.99. The second-order valence-electron chi connectivity index (χ2n) is 8.05. The van der Waals surface area contributed by atoms with E-state index in [0.29, 0.717) is 37.7 Å². The summed E-state index contributed by atoms with van der Waals surface area (Å²) in [6.07, 6.45) is 6.81. The first-order chi connectivity index (χ1) is 15.0. The molecule has 31 heavy (non-hydrogen) atoms. The van der Waals surface area contributed by atoms with Gasteiger partial charge in [0.25, 0.3) is 0 Å². The first-order valence-corrected chi connectivity index (χ1v) is 14.0. The molecule has 174 valence electrons. The molecule has 0 spiro atoms. The SMILES string of the molecule is CCCCSCC(=O)Nc1cc(S(=O)(=O)N2CCOCC2)ccc1N1CCCCCC1. The number of amides is 1. The Morgan fingerprint density at radius 1 is 1.10 bits per heavy atom. The number of thioether (sulfide) groups is 1. The van der Waals surface area contributed by atoms with Crippen LogP contribution >= 0.6 is 11.8 Å². The summed E-state index contributed by atoms with van der Waals surface area (Å²) in [5.74, 6) is 1.24. The molecule has 0 aliphatic carbocycles. The average molecular weight is 470 g/mol. The summed E-state index contributed by atoms with van der Waals surface area (Å²) in [7, 11) is -3.62. The lowest BCUT2D eigenvalue weighted by atomic mass is 10.2. The summed E-state index contributed by atoms with van der Waals surface area (Å²) in [5.41, 5.74) is 1.51. The number of carbonyl (C=O) groups excluding carboxylic acids is 1. The number of morpholine rings is 1. The van der Waals surface area contributed by atoms with Crippen LogP contribution in [0.2, 0.25) is 0 Å². The zero-order valence-corrected chi connectivity index (χ0v) is 20.1. The van der Waals surface area contributed by atoms with Crippen molar-refractivity contribution in [2.24, 2.45) is 0 Å². The number of anilines is 2. The molecule has 2 aliphatic heterocycles. The summed E-state index contributed by atoms with van der Waals surface area (Å²) in [6, 6.07) is 5.18. The van der Waals surface area contributed by atoms with Crippen molar-refractivity contribution in [3.05, 3.63) is 18.2 Å². The van der Waals surface area contributed by atoms with Crippen molar-refractivity contribution in [3.8, 4) is 0 Å². The summed E-state index contributed by atoms with van der Waals surface area (Å²) < 4.78 is 33.1. The number of unbranched alkanes of at least 4 members (excludes halogenated alkanes) is 1. The minimum Gasteiger partial charge on any atom is -0.379 e. The summed E-state index contributed by atoms with van der Waals surface area (Å²) >= 11 is 1.62. The molecule has 0 saturated carbocycles. The van der Waals surface area contributed by atoms with Crippen molar-refractivity contribution < 1.29 is 17.9 Å². The number of hydrogen-bond donors (Lipinski definition) is 1. The summed E-state index contributed by atoms with van der Waals surface area (Å²) in [4.78, 5) is 15.1. The Labute approximate surface area is 190 Å². The van der Waals surface area contributed by atoms with Gasteiger partial charge in [-0.3, -0.25) is 4.79 Å². The number of sulfonamides is 1. The molecule has 3 rings (SSSR count). The molecule has 1 amide bonds. The van der Waals surface area contributed by atoms with Gasteiger partial charge in [0.05, 0.1) is 35.2 Å². The van der Waals surface area contributed by atoms with Gasteiger partial charge in [-0.25, -0.2) is 8.42 Å². The number of nitrogens with one attached hydrogen (secondary N) is 1. The van der Waals surface area contributed by atoms with E-state index in [1.54, 1.807) is 23.9 Å². The van der Waals surface area contributed by atoms with Crippen LogP contribution in [0, 0.1) is 0 Å². The number of rotatable bonds is 9. The number of hydrogen-bond acceptors (Lipinski definition) is 6. The smallest absolute Gasteiger partial charge is 0.243 e. The Bertz CT molecular complexity index is 818. The second kappa shape index (κ2) is 12.1. The minimum atomic E-state index is -3.62. The van der Waals surface area contributed by atoms with E-state index in [9.17, 15) is 13.2 Å². The molecule has 0 radical (unpaired) electrons. The van der Waals surface area contributed by atoms with Crippen LogP contribution in [0.15, 0.2) is 23.1 Å². The molecule has 1 aromatic carbocycles. The maximum Gasteiger partial charge on any atom is 0.243 e. The molecule has 0 aromatic heterocycles. The molecule has 1 aromatic rings. The van der Waals surface area contributed by atoms with Crippen molar-refractivity contribution in [2.75, 3.05) is 61.1 Å². The van der Waals surface area contributed by atoms with E-state index < -0.39 is 10.0 Å². The average Bonchev–Trinajstić information content (AvgIpc) is 3.07. The number of ether oxygens (including phenoxy) is 1. The lowest BCUT2D eigenvalue weighted by Gasteiger charge is -2.28. The molecule has 7 nitrogen and oxygen atoms in total. The van der Waals surface area contributed by atoms with Crippen molar-refractivity contribution in [1.29, 1.82) is 0 Å². The van der Waals surface area contributed by atoms with Gasteiger partial charge in [0.1, 0.15) is 0 Å². The lowest BCUT2D eigenvalue weighted by Crippen LogP contribution is -2.40. The van der Waals surface area contributed by atoms with Gasteiger partial charge < -0.3 is 15.0 Å². The third kappa shape index (κ3) is 6.84. The predicted molar refractivity (Wildman–Crippen MR) is 128 cm³/mol. The van der Waals surface area contributed by atoms with Crippen LogP contribution in [0.1, 0.15) is 45.4 Å². The molecule has 0 bridgehead atoms. The highest BCUT2D eigenvalue weighted by atomic mass is 32.2. The Hall–Kier alpha value is -1.29. The molecule has 2 aliphatic rings. The second-order valence-corrected chi connectivity index (χ2v) is 11.1. The largest absolute Gasteiger partial charge is 0.379 e. The number of benzene rings is 1. The van der Waals surface area contributed by atoms with Gasteiger partial charge >= 0.3 is 0 Å². The quantitative estimate of drug-likeness (QED) is 0.557. The lowest BCUT2D eigenvalue weighted by molar-refractivity contribution is -0.113. The Morgan fingerprint density at radius 3 is 2.48 bits per heavy atom. The molecule has 9 heteroatoms. The highest BCUT2D eigenvalue weighted by Gasteiger charge is 2.28. The van der Waals surface area contributed by atoms with E-state index in [-0.39, 0.29) is 10.8 Å².